The molecule has 0 spiro atoms. The molecule has 0 aliphatic carbocycles. The zero-order chi connectivity index (χ0) is 18.5. The first-order chi connectivity index (χ1) is 13.3. The third kappa shape index (κ3) is 4.06. The summed E-state index contributed by atoms with van der Waals surface area (Å²) in [5.41, 5.74) is 3.77. The highest BCUT2D eigenvalue weighted by atomic mass is 16.5. The predicted octanol–water partition coefficient (Wildman–Crippen LogP) is 2.45. The monoisotopic (exact) mass is 365 g/mol. The molecular weight excluding hydrogens is 338 g/mol. The van der Waals surface area contributed by atoms with Gasteiger partial charge in [0.25, 0.3) is 0 Å². The molecule has 0 amide bonds. The fraction of sp³-hybridized carbons (Fsp3) is 0.429. The van der Waals surface area contributed by atoms with Crippen LogP contribution in [0.25, 0.3) is 0 Å². The minimum atomic E-state index is 0.622. The largest absolute Gasteiger partial charge is 0.378 e. The van der Waals surface area contributed by atoms with Crippen LogP contribution in [0.1, 0.15) is 18.1 Å². The first-order valence-corrected chi connectivity index (χ1v) is 9.76. The molecule has 6 heteroatoms. The minimum absolute atomic E-state index is 0.622. The summed E-state index contributed by atoms with van der Waals surface area (Å²) in [5.74, 6) is 1.96. The van der Waals surface area contributed by atoms with Crippen molar-refractivity contribution in [2.24, 2.45) is 4.99 Å². The third-order valence-electron chi connectivity index (χ3n) is 5.03. The smallest absolute Gasteiger partial charge is 0.198 e. The average Bonchev–Trinajstić information content (AvgIpc) is 3.16. The van der Waals surface area contributed by atoms with Gasteiger partial charge in [0.2, 0.25) is 0 Å². The summed E-state index contributed by atoms with van der Waals surface area (Å²) in [6.07, 6.45) is 3.01. The van der Waals surface area contributed by atoms with E-state index in [9.17, 15) is 0 Å². The van der Waals surface area contributed by atoms with Crippen LogP contribution in [-0.4, -0.2) is 50.3 Å². The number of aromatic nitrogens is 1. The quantitative estimate of drug-likeness (QED) is 0.666. The van der Waals surface area contributed by atoms with Gasteiger partial charge in [-0.25, -0.2) is 9.98 Å². The second-order valence-corrected chi connectivity index (χ2v) is 6.82. The van der Waals surface area contributed by atoms with E-state index in [1.54, 1.807) is 0 Å². The van der Waals surface area contributed by atoms with Crippen molar-refractivity contribution in [2.75, 3.05) is 49.2 Å². The van der Waals surface area contributed by atoms with Crippen LogP contribution >= 0.6 is 0 Å². The fourth-order valence-electron chi connectivity index (χ4n) is 3.61. The molecule has 0 bridgehead atoms. The number of hydrogen-bond donors (Lipinski definition) is 1. The summed E-state index contributed by atoms with van der Waals surface area (Å²) in [7, 11) is 0. The zero-order valence-corrected chi connectivity index (χ0v) is 15.9. The molecule has 142 valence electrons. The van der Waals surface area contributed by atoms with Crippen molar-refractivity contribution in [3.63, 3.8) is 0 Å². The number of rotatable bonds is 4. The van der Waals surface area contributed by atoms with Crippen molar-refractivity contribution in [3.05, 3.63) is 53.7 Å². The van der Waals surface area contributed by atoms with Gasteiger partial charge in [-0.15, -0.1) is 0 Å². The molecule has 1 saturated heterocycles. The molecule has 27 heavy (non-hydrogen) atoms. The van der Waals surface area contributed by atoms with E-state index in [0.29, 0.717) is 6.54 Å². The number of ether oxygens (including phenoxy) is 1. The van der Waals surface area contributed by atoms with Gasteiger partial charge in [0, 0.05) is 38.1 Å². The molecule has 0 radical (unpaired) electrons. The van der Waals surface area contributed by atoms with Gasteiger partial charge in [0.05, 0.1) is 19.8 Å². The van der Waals surface area contributed by atoms with E-state index >= 15 is 0 Å². The zero-order valence-electron chi connectivity index (χ0n) is 15.9. The van der Waals surface area contributed by atoms with Crippen LogP contribution in [0.4, 0.5) is 11.5 Å². The molecule has 1 N–H and O–H groups in total. The summed E-state index contributed by atoms with van der Waals surface area (Å²) < 4.78 is 5.41. The number of aliphatic imine (C=N–C) groups is 1. The summed E-state index contributed by atoms with van der Waals surface area (Å²) in [4.78, 5) is 14.0. The van der Waals surface area contributed by atoms with E-state index in [-0.39, 0.29) is 0 Å². The number of para-hydroxylation sites is 1. The van der Waals surface area contributed by atoms with Crippen LogP contribution in [0.15, 0.2) is 47.6 Å². The van der Waals surface area contributed by atoms with Gasteiger partial charge in [0.15, 0.2) is 5.96 Å². The van der Waals surface area contributed by atoms with Gasteiger partial charge in [-0.1, -0.05) is 24.3 Å². The lowest BCUT2D eigenvalue weighted by Crippen LogP contribution is -2.40. The number of nitrogens with one attached hydrogen (secondary N) is 1. The van der Waals surface area contributed by atoms with Gasteiger partial charge in [-0.3, -0.25) is 0 Å². The molecule has 1 fully saturated rings. The lowest BCUT2D eigenvalue weighted by atomic mass is 10.2. The SMILES string of the molecule is CCNC(=NCc1ccc(N2CCOCC2)nc1)N1CCc2ccccc21. The Balaban J connectivity index is 1.46. The second-order valence-electron chi connectivity index (χ2n) is 6.82. The van der Waals surface area contributed by atoms with Gasteiger partial charge < -0.3 is 19.9 Å². The molecule has 1 aromatic carbocycles. The van der Waals surface area contributed by atoms with E-state index in [1.807, 2.05) is 6.20 Å². The Bertz CT molecular complexity index is 783. The van der Waals surface area contributed by atoms with Crippen molar-refractivity contribution < 1.29 is 4.74 Å². The number of fused-ring (bicyclic) bond motifs is 1. The Kier molecular flexibility index (Phi) is 5.53. The van der Waals surface area contributed by atoms with Crippen molar-refractivity contribution in [1.82, 2.24) is 10.3 Å². The summed E-state index contributed by atoms with van der Waals surface area (Å²) in [5, 5.41) is 3.43. The van der Waals surface area contributed by atoms with Crippen molar-refractivity contribution in [3.8, 4) is 0 Å². The molecule has 6 nitrogen and oxygen atoms in total. The van der Waals surface area contributed by atoms with Crippen molar-refractivity contribution >= 4 is 17.5 Å². The van der Waals surface area contributed by atoms with Gasteiger partial charge in [0.1, 0.15) is 5.82 Å². The fourth-order valence-corrected chi connectivity index (χ4v) is 3.61. The molecule has 4 rings (SSSR count). The van der Waals surface area contributed by atoms with Crippen LogP contribution < -0.4 is 15.1 Å². The average molecular weight is 365 g/mol. The Hall–Kier alpha value is -2.60. The molecule has 0 unspecified atom stereocenters. The maximum absolute atomic E-state index is 5.41. The molecule has 0 atom stereocenters. The van der Waals surface area contributed by atoms with Crippen molar-refractivity contribution in [1.29, 1.82) is 0 Å². The number of morpholine rings is 1. The van der Waals surface area contributed by atoms with Crippen LogP contribution in [0.3, 0.4) is 0 Å². The van der Waals surface area contributed by atoms with Gasteiger partial charge in [-0.05, 0) is 36.6 Å². The number of guanidine groups is 1. The Morgan fingerprint density at radius 2 is 2.00 bits per heavy atom. The highest BCUT2D eigenvalue weighted by Crippen LogP contribution is 2.27. The summed E-state index contributed by atoms with van der Waals surface area (Å²) in [6, 6.07) is 12.8. The number of pyridine rings is 1. The number of nitrogens with zero attached hydrogens (tertiary/aromatic N) is 4. The topological polar surface area (TPSA) is 53.0 Å². The van der Waals surface area contributed by atoms with Gasteiger partial charge in [-0.2, -0.15) is 0 Å². The molecule has 1 aromatic heterocycles. The summed E-state index contributed by atoms with van der Waals surface area (Å²) >= 11 is 0. The Morgan fingerprint density at radius 3 is 2.78 bits per heavy atom. The molecule has 2 aromatic rings. The van der Waals surface area contributed by atoms with E-state index in [2.05, 4.69) is 63.4 Å². The third-order valence-corrected chi connectivity index (χ3v) is 5.03. The maximum atomic E-state index is 5.41. The summed E-state index contributed by atoms with van der Waals surface area (Å²) in [6.45, 7) is 7.92. The molecular formula is C21H27N5O. The molecule has 2 aliphatic heterocycles. The number of benzene rings is 1. The molecule has 3 heterocycles. The van der Waals surface area contributed by atoms with E-state index in [1.165, 1.54) is 11.3 Å². The number of anilines is 2. The lowest BCUT2D eigenvalue weighted by Gasteiger charge is -2.27. The van der Waals surface area contributed by atoms with Crippen molar-refractivity contribution in [2.45, 2.75) is 19.9 Å². The van der Waals surface area contributed by atoms with Crippen LogP contribution in [-0.2, 0) is 17.7 Å². The standard InChI is InChI=1S/C21H27N5O/c1-2-22-21(26-10-9-18-5-3-4-6-19(18)26)24-16-17-7-8-20(23-15-17)25-11-13-27-14-12-25/h3-8,15H,2,9-14,16H2,1H3,(H,22,24). The lowest BCUT2D eigenvalue weighted by molar-refractivity contribution is 0.122. The Labute approximate surface area is 160 Å². The van der Waals surface area contributed by atoms with Crippen LogP contribution in [0, 0.1) is 0 Å². The van der Waals surface area contributed by atoms with Gasteiger partial charge >= 0.3 is 0 Å². The van der Waals surface area contributed by atoms with E-state index in [0.717, 1.165) is 63.2 Å². The number of hydrogen-bond acceptors (Lipinski definition) is 4. The van der Waals surface area contributed by atoms with E-state index in [4.69, 9.17) is 9.73 Å². The first-order valence-electron chi connectivity index (χ1n) is 9.76. The Morgan fingerprint density at radius 1 is 1.15 bits per heavy atom. The first kappa shape index (κ1) is 17.8. The van der Waals surface area contributed by atoms with E-state index < -0.39 is 0 Å². The maximum Gasteiger partial charge on any atom is 0.198 e. The highest BCUT2D eigenvalue weighted by molar-refractivity contribution is 5.97. The normalized spacial score (nSPS) is 17.1. The second kappa shape index (κ2) is 8.39. The van der Waals surface area contributed by atoms with Crippen LogP contribution in [0.2, 0.25) is 0 Å². The predicted molar refractivity (Wildman–Crippen MR) is 110 cm³/mol. The molecule has 2 aliphatic rings. The minimum Gasteiger partial charge on any atom is -0.378 e. The molecule has 0 saturated carbocycles. The van der Waals surface area contributed by atoms with Crippen LogP contribution in [0.5, 0.6) is 0 Å². The highest BCUT2D eigenvalue weighted by Gasteiger charge is 2.22.